The molecule has 0 spiro atoms. The van der Waals surface area contributed by atoms with E-state index in [1.165, 1.54) is 27.6 Å². The summed E-state index contributed by atoms with van der Waals surface area (Å²) >= 11 is 0. The average Bonchev–Trinajstić information content (AvgIpc) is 3.35. The second kappa shape index (κ2) is 11.3. The number of nitrogens with zero attached hydrogens (tertiary/aromatic N) is 4. The molecule has 0 bridgehead atoms. The number of hydrogen-bond donors (Lipinski definition) is 3. The number of nitrogens with one attached hydrogen (secondary N) is 3. The zero-order valence-corrected chi connectivity index (χ0v) is 21.9. The fraction of sp³-hybridized carbons (Fsp3) is 0.320. The number of aromatic amines is 1. The summed E-state index contributed by atoms with van der Waals surface area (Å²) in [5, 5.41) is 16.7. The van der Waals surface area contributed by atoms with Crippen molar-refractivity contribution in [3.05, 3.63) is 83.1 Å². The van der Waals surface area contributed by atoms with Gasteiger partial charge in [-0.2, -0.15) is 0 Å². The first-order valence-electron chi connectivity index (χ1n) is 11.0. The Labute approximate surface area is 212 Å². The van der Waals surface area contributed by atoms with Crippen LogP contribution < -0.4 is 10.6 Å². The maximum absolute atomic E-state index is 4.79. The third kappa shape index (κ3) is 6.13. The molecule has 0 aliphatic carbocycles. The molecule has 7 nitrogen and oxygen atoms in total. The van der Waals surface area contributed by atoms with E-state index in [-0.39, 0.29) is 30.0 Å². The van der Waals surface area contributed by atoms with E-state index >= 15 is 0 Å². The highest BCUT2D eigenvalue weighted by Crippen LogP contribution is 2.19. The number of guanidine groups is 1. The van der Waals surface area contributed by atoms with Gasteiger partial charge in [-0.05, 0) is 49.9 Å². The van der Waals surface area contributed by atoms with Crippen LogP contribution in [-0.4, -0.2) is 32.3 Å². The molecule has 1 unspecified atom stereocenters. The minimum absolute atomic E-state index is 0. The predicted octanol–water partition coefficient (Wildman–Crippen LogP) is 4.57. The molecule has 0 aliphatic rings. The van der Waals surface area contributed by atoms with Gasteiger partial charge in [0.15, 0.2) is 11.8 Å². The molecule has 0 saturated carbocycles. The van der Waals surface area contributed by atoms with Crippen molar-refractivity contribution in [2.45, 2.75) is 39.8 Å². The Bertz CT molecular complexity index is 1210. The summed E-state index contributed by atoms with van der Waals surface area (Å²) in [5.74, 6) is 2.48. The summed E-state index contributed by atoms with van der Waals surface area (Å²) in [6.45, 7) is 7.42. The van der Waals surface area contributed by atoms with E-state index in [4.69, 9.17) is 4.99 Å². The molecule has 1 atom stereocenters. The van der Waals surface area contributed by atoms with E-state index in [1.807, 2.05) is 24.6 Å². The molecule has 33 heavy (non-hydrogen) atoms. The summed E-state index contributed by atoms with van der Waals surface area (Å²) in [5.41, 5.74) is 4.95. The lowest BCUT2D eigenvalue weighted by molar-refractivity contribution is 0.675. The van der Waals surface area contributed by atoms with Crippen molar-refractivity contribution in [2.75, 3.05) is 6.54 Å². The number of aromatic nitrogens is 4. The van der Waals surface area contributed by atoms with E-state index in [1.54, 1.807) is 0 Å². The van der Waals surface area contributed by atoms with Gasteiger partial charge in [0, 0.05) is 30.7 Å². The van der Waals surface area contributed by atoms with E-state index in [0.717, 1.165) is 30.6 Å². The van der Waals surface area contributed by atoms with Crippen LogP contribution in [0.1, 0.15) is 41.3 Å². The molecule has 174 valence electrons. The Morgan fingerprint density at radius 2 is 1.91 bits per heavy atom. The van der Waals surface area contributed by atoms with Crippen molar-refractivity contribution >= 4 is 40.8 Å². The number of benzene rings is 2. The van der Waals surface area contributed by atoms with Crippen molar-refractivity contribution < 1.29 is 0 Å². The third-order valence-electron chi connectivity index (χ3n) is 5.82. The first-order valence-corrected chi connectivity index (χ1v) is 11.0. The van der Waals surface area contributed by atoms with Gasteiger partial charge in [-0.3, -0.25) is 0 Å². The Morgan fingerprint density at radius 1 is 1.12 bits per heavy atom. The van der Waals surface area contributed by atoms with Gasteiger partial charge in [-0.15, -0.1) is 34.2 Å². The number of aryl methyl sites for hydroxylation is 2. The summed E-state index contributed by atoms with van der Waals surface area (Å²) in [6.07, 6.45) is 3.00. The Morgan fingerprint density at radius 3 is 2.64 bits per heavy atom. The van der Waals surface area contributed by atoms with Gasteiger partial charge in [0.05, 0.1) is 6.04 Å². The molecule has 0 saturated heterocycles. The van der Waals surface area contributed by atoms with E-state index in [2.05, 4.69) is 88.3 Å². The summed E-state index contributed by atoms with van der Waals surface area (Å²) in [7, 11) is 1.96. The predicted molar refractivity (Wildman–Crippen MR) is 145 cm³/mol. The van der Waals surface area contributed by atoms with Crippen LogP contribution in [0.5, 0.6) is 0 Å². The monoisotopic (exact) mass is 557 g/mol. The molecule has 8 heteroatoms. The molecule has 2 heterocycles. The van der Waals surface area contributed by atoms with Crippen LogP contribution in [0.3, 0.4) is 0 Å². The Hall–Kier alpha value is -2.88. The van der Waals surface area contributed by atoms with Gasteiger partial charge < -0.3 is 20.2 Å². The van der Waals surface area contributed by atoms with E-state index in [9.17, 15) is 0 Å². The van der Waals surface area contributed by atoms with Crippen molar-refractivity contribution in [2.24, 2.45) is 12.0 Å². The second-order valence-corrected chi connectivity index (χ2v) is 8.20. The largest absolute Gasteiger partial charge is 0.361 e. The smallest absolute Gasteiger partial charge is 0.192 e. The highest BCUT2D eigenvalue weighted by Gasteiger charge is 2.10. The minimum atomic E-state index is 0. The first-order chi connectivity index (χ1) is 15.5. The normalized spacial score (nSPS) is 12.4. The van der Waals surface area contributed by atoms with Crippen LogP contribution >= 0.6 is 24.0 Å². The van der Waals surface area contributed by atoms with Crippen LogP contribution in [0.2, 0.25) is 0 Å². The van der Waals surface area contributed by atoms with Gasteiger partial charge in [0.2, 0.25) is 0 Å². The summed E-state index contributed by atoms with van der Waals surface area (Å²) in [6, 6.07) is 17.0. The molecule has 2 aromatic heterocycles. The quantitative estimate of drug-likeness (QED) is 0.177. The molecule has 0 fully saturated rings. The van der Waals surface area contributed by atoms with Crippen LogP contribution in [-0.2, 0) is 20.0 Å². The van der Waals surface area contributed by atoms with Gasteiger partial charge in [0.1, 0.15) is 12.4 Å². The van der Waals surface area contributed by atoms with Gasteiger partial charge in [-0.1, -0.05) is 42.5 Å². The standard InChI is InChI=1S/C25H31N7.HI/c1-17-10-11-22-21(15-27-23(22)14-17)12-13-26-25(28-16-24-31-30-19(3)32(24)4)29-18(2)20-8-6-5-7-9-20;/h5-11,14-15,18,27H,12-13,16H2,1-4H3,(H2,26,28,29);1H. The molecule has 2 aromatic carbocycles. The number of rotatable bonds is 7. The topological polar surface area (TPSA) is 82.9 Å². The van der Waals surface area contributed by atoms with Gasteiger partial charge in [-0.25, -0.2) is 4.99 Å². The molecule has 4 rings (SSSR count). The van der Waals surface area contributed by atoms with Crippen molar-refractivity contribution in [3.8, 4) is 0 Å². The molecule has 0 aliphatic heterocycles. The number of H-pyrrole nitrogens is 1. The Balaban J connectivity index is 0.00000306. The van der Waals surface area contributed by atoms with E-state index < -0.39 is 0 Å². The Kier molecular flexibility index (Phi) is 8.49. The van der Waals surface area contributed by atoms with Crippen LogP contribution in [0.25, 0.3) is 10.9 Å². The lowest BCUT2D eigenvalue weighted by Crippen LogP contribution is -2.39. The van der Waals surface area contributed by atoms with Gasteiger partial charge in [0.25, 0.3) is 0 Å². The van der Waals surface area contributed by atoms with Crippen molar-refractivity contribution in [1.82, 2.24) is 30.4 Å². The minimum Gasteiger partial charge on any atom is -0.361 e. The fourth-order valence-corrected chi connectivity index (χ4v) is 3.74. The van der Waals surface area contributed by atoms with Crippen molar-refractivity contribution in [3.63, 3.8) is 0 Å². The fourth-order valence-electron chi connectivity index (χ4n) is 3.74. The summed E-state index contributed by atoms with van der Waals surface area (Å²) < 4.78 is 1.97. The van der Waals surface area contributed by atoms with E-state index in [0.29, 0.717) is 6.54 Å². The average molecular weight is 557 g/mol. The van der Waals surface area contributed by atoms with Crippen LogP contribution in [0.15, 0.2) is 59.7 Å². The molecule has 4 aromatic rings. The molecule has 0 radical (unpaired) electrons. The number of fused-ring (bicyclic) bond motifs is 1. The SMILES string of the molecule is Cc1ccc2c(CCNC(=NCc3nnc(C)n3C)NC(C)c3ccccc3)c[nH]c2c1.I. The zero-order chi connectivity index (χ0) is 22.5. The van der Waals surface area contributed by atoms with Crippen LogP contribution in [0.4, 0.5) is 0 Å². The second-order valence-electron chi connectivity index (χ2n) is 8.20. The lowest BCUT2D eigenvalue weighted by Gasteiger charge is -2.19. The molecular formula is C25H32IN7. The maximum Gasteiger partial charge on any atom is 0.192 e. The van der Waals surface area contributed by atoms with Crippen molar-refractivity contribution in [1.29, 1.82) is 0 Å². The molecule has 0 amide bonds. The highest BCUT2D eigenvalue weighted by atomic mass is 127. The first kappa shape index (κ1) is 24.8. The lowest BCUT2D eigenvalue weighted by atomic mass is 10.1. The number of aliphatic imine (C=N–C) groups is 1. The van der Waals surface area contributed by atoms with Gasteiger partial charge >= 0.3 is 0 Å². The maximum atomic E-state index is 4.79. The summed E-state index contributed by atoms with van der Waals surface area (Å²) in [4.78, 5) is 8.17. The zero-order valence-electron chi connectivity index (χ0n) is 19.6. The highest BCUT2D eigenvalue weighted by molar-refractivity contribution is 14.0. The molecule has 3 N–H and O–H groups in total. The third-order valence-corrected chi connectivity index (χ3v) is 5.82. The van der Waals surface area contributed by atoms with Crippen LogP contribution in [0, 0.1) is 13.8 Å². The number of hydrogen-bond acceptors (Lipinski definition) is 3. The number of halogens is 1. The molecular weight excluding hydrogens is 525 g/mol.